The van der Waals surface area contributed by atoms with E-state index in [2.05, 4.69) is 10.3 Å². The first-order valence-corrected chi connectivity index (χ1v) is 8.16. The van der Waals surface area contributed by atoms with Crippen LogP contribution in [0.1, 0.15) is 25.0 Å². The lowest BCUT2D eigenvalue weighted by molar-refractivity contribution is -0.159. The van der Waals surface area contributed by atoms with Gasteiger partial charge in [0.2, 0.25) is 5.91 Å². The molecule has 0 bridgehead atoms. The fraction of sp³-hybridized carbons (Fsp3) is 0.333. The van der Waals surface area contributed by atoms with Crippen LogP contribution in [0.5, 0.6) is 0 Å². The molecule has 0 saturated heterocycles. The van der Waals surface area contributed by atoms with Crippen LogP contribution in [0, 0.1) is 16.7 Å². The van der Waals surface area contributed by atoms with Crippen LogP contribution in [0.2, 0.25) is 0 Å². The lowest BCUT2D eigenvalue weighted by Gasteiger charge is -2.37. The number of para-hydroxylation sites is 1. The molecule has 8 nitrogen and oxygen atoms in total. The third kappa shape index (κ3) is 2.98. The number of hydrogen-bond donors (Lipinski definition) is 4. The molecule has 1 aliphatic rings. The Morgan fingerprint density at radius 1 is 1.35 bits per heavy atom. The van der Waals surface area contributed by atoms with E-state index in [-0.39, 0.29) is 25.0 Å². The maximum absolute atomic E-state index is 12.8. The minimum Gasteiger partial charge on any atom is -0.480 e. The molecule has 1 fully saturated rings. The molecule has 0 unspecified atom stereocenters. The van der Waals surface area contributed by atoms with Gasteiger partial charge in [0.15, 0.2) is 0 Å². The van der Waals surface area contributed by atoms with Crippen LogP contribution in [0.15, 0.2) is 30.3 Å². The van der Waals surface area contributed by atoms with Crippen molar-refractivity contribution in [3.63, 3.8) is 0 Å². The Hall–Kier alpha value is -3.02. The number of aromatic nitrogens is 1. The van der Waals surface area contributed by atoms with Crippen LogP contribution in [0.3, 0.4) is 0 Å². The second kappa shape index (κ2) is 6.71. The van der Waals surface area contributed by atoms with Crippen LogP contribution in [0.4, 0.5) is 5.69 Å². The smallest absolute Gasteiger partial charge is 0.319 e. The van der Waals surface area contributed by atoms with Crippen molar-refractivity contribution < 1.29 is 19.8 Å². The highest BCUT2D eigenvalue weighted by atomic mass is 16.4. The number of carbonyl (C=O) groups excluding carboxylic acids is 1. The molecule has 0 aliphatic heterocycles. The first kappa shape index (κ1) is 17.8. The number of nitrogens with zero attached hydrogens (tertiary/aromatic N) is 2. The Morgan fingerprint density at radius 3 is 2.77 bits per heavy atom. The van der Waals surface area contributed by atoms with Crippen molar-refractivity contribution >= 4 is 28.5 Å². The van der Waals surface area contributed by atoms with Crippen LogP contribution in [0.25, 0.3) is 10.9 Å². The summed E-state index contributed by atoms with van der Waals surface area (Å²) in [6.45, 7) is 0. The standard InChI is InChI=1S/C18H18N4O4/c19-9-11-5-4-10-2-1-3-13(15(10)21-11)22-16(24)18(17(25)26)7-6-12(20)14(23)8-18/h1-5,12,14,23H,6-8,20H2,(H,22,24)(H,25,26)/t12-,14+,18-/m1/s1. The number of nitrogens with one attached hydrogen (secondary N) is 1. The van der Waals surface area contributed by atoms with Crippen LogP contribution < -0.4 is 11.1 Å². The fourth-order valence-electron chi connectivity index (χ4n) is 3.27. The summed E-state index contributed by atoms with van der Waals surface area (Å²) in [7, 11) is 0. The quantitative estimate of drug-likeness (QED) is 0.600. The van der Waals surface area contributed by atoms with E-state index in [9.17, 15) is 19.8 Å². The topological polar surface area (TPSA) is 149 Å². The first-order valence-electron chi connectivity index (χ1n) is 8.16. The number of carboxylic acids is 1. The molecule has 1 aromatic carbocycles. The van der Waals surface area contributed by atoms with Gasteiger partial charge in [-0.2, -0.15) is 5.26 Å². The minimum absolute atomic E-state index is 0.0357. The molecule has 134 valence electrons. The Labute approximate surface area is 149 Å². The number of fused-ring (bicyclic) bond motifs is 1. The molecular weight excluding hydrogens is 336 g/mol. The fourth-order valence-corrected chi connectivity index (χ4v) is 3.27. The number of aliphatic hydroxyl groups is 1. The number of aliphatic carboxylic acids is 1. The number of nitrogens with two attached hydrogens (primary N) is 1. The highest BCUT2D eigenvalue weighted by Crippen LogP contribution is 2.38. The van der Waals surface area contributed by atoms with Crippen molar-refractivity contribution in [2.75, 3.05) is 5.32 Å². The summed E-state index contributed by atoms with van der Waals surface area (Å²) in [6, 6.07) is 9.71. The molecule has 1 saturated carbocycles. The number of benzene rings is 1. The largest absolute Gasteiger partial charge is 0.480 e. The molecule has 8 heteroatoms. The Kier molecular flexibility index (Phi) is 4.59. The van der Waals surface area contributed by atoms with Crippen molar-refractivity contribution in [2.24, 2.45) is 11.1 Å². The zero-order valence-corrected chi connectivity index (χ0v) is 13.8. The van der Waals surface area contributed by atoms with Crippen molar-refractivity contribution in [3.8, 4) is 6.07 Å². The van der Waals surface area contributed by atoms with E-state index in [4.69, 9.17) is 11.0 Å². The SMILES string of the molecule is N#Cc1ccc2cccc(NC(=O)[C@@]3(C(=O)O)CC[C@@H](N)[C@@H](O)C3)c2n1. The van der Waals surface area contributed by atoms with E-state index in [1.54, 1.807) is 30.3 Å². The number of amides is 1. The van der Waals surface area contributed by atoms with Gasteiger partial charge < -0.3 is 21.3 Å². The van der Waals surface area contributed by atoms with Gasteiger partial charge in [-0.25, -0.2) is 4.98 Å². The second-order valence-corrected chi connectivity index (χ2v) is 6.50. The zero-order chi connectivity index (χ0) is 18.9. The number of carboxylic acid groups (broad SMARTS) is 1. The summed E-state index contributed by atoms with van der Waals surface area (Å²) >= 11 is 0. The molecule has 5 N–H and O–H groups in total. The predicted molar refractivity (Wildman–Crippen MR) is 93.0 cm³/mol. The Balaban J connectivity index is 1.97. The van der Waals surface area contributed by atoms with Gasteiger partial charge in [0, 0.05) is 11.4 Å². The number of anilines is 1. The van der Waals surface area contributed by atoms with E-state index in [0.29, 0.717) is 16.6 Å². The summed E-state index contributed by atoms with van der Waals surface area (Å²) in [5.74, 6) is -2.03. The van der Waals surface area contributed by atoms with E-state index >= 15 is 0 Å². The van der Waals surface area contributed by atoms with E-state index < -0.39 is 29.4 Å². The van der Waals surface area contributed by atoms with Crippen molar-refractivity contribution in [3.05, 3.63) is 36.0 Å². The van der Waals surface area contributed by atoms with Gasteiger partial charge in [0.05, 0.1) is 17.3 Å². The minimum atomic E-state index is -1.76. The van der Waals surface area contributed by atoms with Gasteiger partial charge >= 0.3 is 5.97 Å². The van der Waals surface area contributed by atoms with Crippen molar-refractivity contribution in [1.82, 2.24) is 4.98 Å². The maximum atomic E-state index is 12.8. The van der Waals surface area contributed by atoms with Gasteiger partial charge in [-0.05, 0) is 37.5 Å². The third-order valence-corrected chi connectivity index (χ3v) is 4.88. The molecule has 1 aromatic heterocycles. The van der Waals surface area contributed by atoms with E-state index in [1.807, 2.05) is 6.07 Å². The summed E-state index contributed by atoms with van der Waals surface area (Å²) in [5.41, 5.74) is 4.88. The van der Waals surface area contributed by atoms with Crippen LogP contribution in [-0.2, 0) is 9.59 Å². The number of rotatable bonds is 3. The predicted octanol–water partition coefficient (Wildman–Crippen LogP) is 0.988. The maximum Gasteiger partial charge on any atom is 0.319 e. The highest BCUT2D eigenvalue weighted by Gasteiger charge is 2.51. The van der Waals surface area contributed by atoms with Gasteiger partial charge in [0.1, 0.15) is 17.2 Å². The van der Waals surface area contributed by atoms with E-state index in [1.165, 1.54) is 0 Å². The Morgan fingerprint density at radius 2 is 2.12 bits per heavy atom. The summed E-state index contributed by atoms with van der Waals surface area (Å²) < 4.78 is 0. The molecule has 26 heavy (non-hydrogen) atoms. The van der Waals surface area contributed by atoms with Crippen LogP contribution in [-0.4, -0.2) is 39.2 Å². The molecule has 0 spiro atoms. The normalized spacial score (nSPS) is 25.4. The van der Waals surface area contributed by atoms with Crippen molar-refractivity contribution in [1.29, 1.82) is 5.26 Å². The first-order chi connectivity index (χ1) is 12.4. The number of pyridine rings is 1. The second-order valence-electron chi connectivity index (χ2n) is 6.50. The zero-order valence-electron chi connectivity index (χ0n) is 13.8. The number of carbonyl (C=O) groups is 2. The highest BCUT2D eigenvalue weighted by molar-refractivity contribution is 6.11. The molecule has 1 amide bonds. The average molecular weight is 354 g/mol. The lowest BCUT2D eigenvalue weighted by atomic mass is 9.70. The molecule has 2 aromatic rings. The van der Waals surface area contributed by atoms with Crippen molar-refractivity contribution in [2.45, 2.75) is 31.4 Å². The molecule has 3 atom stereocenters. The van der Waals surface area contributed by atoms with E-state index in [0.717, 1.165) is 0 Å². The number of hydrogen-bond acceptors (Lipinski definition) is 6. The van der Waals surface area contributed by atoms with Gasteiger partial charge in [-0.15, -0.1) is 0 Å². The third-order valence-electron chi connectivity index (χ3n) is 4.88. The average Bonchev–Trinajstić information content (AvgIpc) is 2.63. The monoisotopic (exact) mass is 354 g/mol. The molecule has 1 aliphatic carbocycles. The molecule has 0 radical (unpaired) electrons. The van der Waals surface area contributed by atoms with Crippen LogP contribution >= 0.6 is 0 Å². The summed E-state index contributed by atoms with van der Waals surface area (Å²) in [5, 5.41) is 32.0. The van der Waals surface area contributed by atoms with Gasteiger partial charge in [0.25, 0.3) is 0 Å². The molecule has 1 heterocycles. The van der Waals surface area contributed by atoms with Gasteiger partial charge in [-0.1, -0.05) is 12.1 Å². The lowest BCUT2D eigenvalue weighted by Crippen LogP contribution is -2.53. The van der Waals surface area contributed by atoms with Gasteiger partial charge in [-0.3, -0.25) is 9.59 Å². The summed E-state index contributed by atoms with van der Waals surface area (Å²) in [6.07, 6.45) is -1.06. The summed E-state index contributed by atoms with van der Waals surface area (Å²) in [4.78, 5) is 28.9. The number of aliphatic hydroxyl groups excluding tert-OH is 1. The number of nitriles is 1. The molecule has 3 rings (SSSR count). The Bertz CT molecular complexity index is 923. The molecular formula is C18H18N4O4.